The van der Waals surface area contributed by atoms with Gasteiger partial charge in [-0.1, -0.05) is 27.2 Å². The van der Waals surface area contributed by atoms with Crippen LogP contribution in [0.2, 0.25) is 0 Å². The van der Waals surface area contributed by atoms with Gasteiger partial charge < -0.3 is 5.32 Å². The lowest BCUT2D eigenvalue weighted by Gasteiger charge is -2.46. The smallest absolute Gasteiger partial charge is 0.0243 e. The molecule has 1 saturated carbocycles. The second-order valence-electron chi connectivity index (χ2n) is 6.47. The van der Waals surface area contributed by atoms with E-state index in [-0.39, 0.29) is 0 Å². The molecule has 17 heavy (non-hydrogen) atoms. The Morgan fingerprint density at radius 3 is 2.35 bits per heavy atom. The number of piperidine rings is 1. The van der Waals surface area contributed by atoms with Crippen LogP contribution in [0.15, 0.2) is 0 Å². The van der Waals surface area contributed by atoms with Crippen LogP contribution in [0.1, 0.15) is 46.5 Å². The van der Waals surface area contributed by atoms with Crippen molar-refractivity contribution in [3.8, 4) is 0 Å². The molecule has 1 N–H and O–H groups in total. The monoisotopic (exact) mass is 238 g/mol. The van der Waals surface area contributed by atoms with Crippen molar-refractivity contribution in [1.82, 2.24) is 10.2 Å². The van der Waals surface area contributed by atoms with Gasteiger partial charge in [-0.3, -0.25) is 4.90 Å². The number of hydrogen-bond donors (Lipinski definition) is 1. The second-order valence-corrected chi connectivity index (χ2v) is 6.47. The molecule has 0 aromatic carbocycles. The summed E-state index contributed by atoms with van der Waals surface area (Å²) < 4.78 is 0. The van der Waals surface area contributed by atoms with Crippen LogP contribution in [0.5, 0.6) is 0 Å². The molecule has 3 atom stereocenters. The van der Waals surface area contributed by atoms with Gasteiger partial charge in [-0.2, -0.15) is 0 Å². The summed E-state index contributed by atoms with van der Waals surface area (Å²) in [6.45, 7) is 12.0. The molecule has 0 amide bonds. The van der Waals surface area contributed by atoms with E-state index in [4.69, 9.17) is 0 Å². The number of hydrogen-bond acceptors (Lipinski definition) is 2. The Balaban J connectivity index is 1.93. The molecule has 2 rings (SSSR count). The van der Waals surface area contributed by atoms with Crippen LogP contribution in [-0.2, 0) is 0 Å². The molecule has 2 heteroatoms. The van der Waals surface area contributed by atoms with Crippen LogP contribution in [-0.4, -0.2) is 37.1 Å². The highest BCUT2D eigenvalue weighted by atomic mass is 15.2. The van der Waals surface area contributed by atoms with E-state index in [1.54, 1.807) is 0 Å². The highest BCUT2D eigenvalue weighted by molar-refractivity contribution is 4.88. The molecule has 0 spiro atoms. The molecular weight excluding hydrogens is 208 g/mol. The van der Waals surface area contributed by atoms with Gasteiger partial charge in [0.05, 0.1) is 0 Å². The van der Waals surface area contributed by atoms with Gasteiger partial charge in [-0.15, -0.1) is 0 Å². The molecule has 0 aromatic heterocycles. The number of nitrogens with one attached hydrogen (secondary N) is 1. The quantitative estimate of drug-likeness (QED) is 0.792. The molecule has 3 unspecified atom stereocenters. The maximum absolute atomic E-state index is 3.55. The van der Waals surface area contributed by atoms with E-state index in [0.29, 0.717) is 0 Å². The van der Waals surface area contributed by atoms with E-state index in [9.17, 15) is 0 Å². The number of fused-ring (bicyclic) bond motifs is 2. The molecule has 2 nitrogen and oxygen atoms in total. The summed E-state index contributed by atoms with van der Waals surface area (Å²) in [6.07, 6.45) is 5.98. The van der Waals surface area contributed by atoms with Crippen molar-refractivity contribution in [3.05, 3.63) is 0 Å². The molecule has 1 saturated heterocycles. The van der Waals surface area contributed by atoms with Crippen LogP contribution in [0.4, 0.5) is 0 Å². The summed E-state index contributed by atoms with van der Waals surface area (Å²) in [5, 5.41) is 3.55. The largest absolute Gasteiger partial charge is 0.315 e. The fourth-order valence-electron chi connectivity index (χ4n) is 3.82. The fourth-order valence-corrected chi connectivity index (χ4v) is 3.82. The fraction of sp³-hybridized carbons (Fsp3) is 1.00. The van der Waals surface area contributed by atoms with Gasteiger partial charge in [0, 0.05) is 25.7 Å². The normalized spacial score (nSPS) is 31.8. The first-order valence-electron chi connectivity index (χ1n) is 7.65. The summed E-state index contributed by atoms with van der Waals surface area (Å²) in [6, 6.07) is 0.748. The zero-order chi connectivity index (χ0) is 12.3. The van der Waals surface area contributed by atoms with Gasteiger partial charge in [0.2, 0.25) is 0 Å². The maximum Gasteiger partial charge on any atom is 0.0243 e. The van der Waals surface area contributed by atoms with Crippen molar-refractivity contribution >= 4 is 0 Å². The summed E-state index contributed by atoms with van der Waals surface area (Å²) in [7, 11) is 0. The number of rotatable bonds is 5. The van der Waals surface area contributed by atoms with Crippen LogP contribution in [0.25, 0.3) is 0 Å². The lowest BCUT2D eigenvalue weighted by atomic mass is 9.77. The first kappa shape index (κ1) is 13.4. The molecule has 2 bridgehead atoms. The minimum Gasteiger partial charge on any atom is -0.315 e. The molecule has 1 aliphatic heterocycles. The lowest BCUT2D eigenvalue weighted by Crippen LogP contribution is -2.52. The number of likely N-dealkylation sites (tertiary alicyclic amines) is 1. The van der Waals surface area contributed by atoms with Gasteiger partial charge in [0.15, 0.2) is 0 Å². The van der Waals surface area contributed by atoms with Gasteiger partial charge in [0.1, 0.15) is 0 Å². The van der Waals surface area contributed by atoms with Gasteiger partial charge >= 0.3 is 0 Å². The average molecular weight is 238 g/mol. The Morgan fingerprint density at radius 2 is 1.82 bits per heavy atom. The van der Waals surface area contributed by atoms with E-state index in [0.717, 1.165) is 30.3 Å². The standard InChI is InChI=1S/C15H30N2/c1-4-16-9-15(12(2)3)17-10-13-6-5-7-14(8-13)11-17/h12-16H,4-11H2,1-3H3. The first-order valence-corrected chi connectivity index (χ1v) is 7.65. The molecule has 100 valence electrons. The van der Waals surface area contributed by atoms with Crippen molar-refractivity contribution in [2.45, 2.75) is 52.5 Å². The highest BCUT2D eigenvalue weighted by Crippen LogP contribution is 2.35. The Bertz CT molecular complexity index is 215. The van der Waals surface area contributed by atoms with Crippen LogP contribution in [0, 0.1) is 17.8 Å². The topological polar surface area (TPSA) is 15.3 Å². The zero-order valence-corrected chi connectivity index (χ0v) is 11.9. The van der Waals surface area contributed by atoms with Crippen molar-refractivity contribution in [1.29, 1.82) is 0 Å². The van der Waals surface area contributed by atoms with Crippen molar-refractivity contribution in [3.63, 3.8) is 0 Å². The van der Waals surface area contributed by atoms with E-state index >= 15 is 0 Å². The summed E-state index contributed by atoms with van der Waals surface area (Å²) in [5.41, 5.74) is 0. The zero-order valence-electron chi connectivity index (χ0n) is 11.9. The van der Waals surface area contributed by atoms with Crippen LogP contribution >= 0.6 is 0 Å². The summed E-state index contributed by atoms with van der Waals surface area (Å²) in [5.74, 6) is 2.78. The van der Waals surface area contributed by atoms with Crippen molar-refractivity contribution < 1.29 is 0 Å². The third-order valence-electron chi connectivity index (χ3n) is 4.72. The van der Waals surface area contributed by atoms with Gasteiger partial charge in [0.25, 0.3) is 0 Å². The Hall–Kier alpha value is -0.0800. The van der Waals surface area contributed by atoms with Crippen molar-refractivity contribution in [2.24, 2.45) is 17.8 Å². The van der Waals surface area contributed by atoms with E-state index in [2.05, 4.69) is 31.0 Å². The minimum absolute atomic E-state index is 0.748. The van der Waals surface area contributed by atoms with Crippen LogP contribution < -0.4 is 5.32 Å². The van der Waals surface area contributed by atoms with Gasteiger partial charge in [-0.05, 0) is 43.6 Å². The highest BCUT2D eigenvalue weighted by Gasteiger charge is 2.34. The minimum atomic E-state index is 0.748. The van der Waals surface area contributed by atoms with Gasteiger partial charge in [-0.25, -0.2) is 0 Å². The van der Waals surface area contributed by atoms with E-state index in [1.165, 1.54) is 45.3 Å². The first-order chi connectivity index (χ1) is 8.20. The molecule has 0 radical (unpaired) electrons. The summed E-state index contributed by atoms with van der Waals surface area (Å²) >= 11 is 0. The SMILES string of the molecule is CCNCC(C(C)C)N1CC2CCCC(C2)C1. The molecule has 2 fully saturated rings. The number of likely N-dealkylation sites (N-methyl/N-ethyl adjacent to an activating group) is 1. The molecule has 1 heterocycles. The molecule has 1 aliphatic carbocycles. The maximum atomic E-state index is 3.55. The third-order valence-corrected chi connectivity index (χ3v) is 4.72. The molecular formula is C15H30N2. The molecule has 2 aliphatic rings. The Kier molecular flexibility index (Phi) is 4.87. The van der Waals surface area contributed by atoms with Crippen molar-refractivity contribution in [2.75, 3.05) is 26.2 Å². The predicted octanol–water partition coefficient (Wildman–Crippen LogP) is 2.74. The molecule has 0 aromatic rings. The Morgan fingerprint density at radius 1 is 1.18 bits per heavy atom. The van der Waals surface area contributed by atoms with E-state index < -0.39 is 0 Å². The average Bonchev–Trinajstić information content (AvgIpc) is 2.28. The predicted molar refractivity (Wildman–Crippen MR) is 74.2 cm³/mol. The van der Waals surface area contributed by atoms with E-state index in [1.807, 2.05) is 0 Å². The number of nitrogens with zero attached hydrogens (tertiary/aromatic N) is 1. The third kappa shape index (κ3) is 3.45. The second kappa shape index (κ2) is 6.19. The lowest BCUT2D eigenvalue weighted by molar-refractivity contribution is 0.0371. The Labute approximate surface area is 107 Å². The summed E-state index contributed by atoms with van der Waals surface area (Å²) in [4.78, 5) is 2.80. The van der Waals surface area contributed by atoms with Crippen LogP contribution in [0.3, 0.4) is 0 Å².